The number of rotatable bonds is 5. The normalized spacial score (nSPS) is 13.3. The van der Waals surface area contributed by atoms with Gasteiger partial charge in [-0.25, -0.2) is 22.9 Å². The average molecular weight is 284 g/mol. The molecule has 8 nitrogen and oxygen atoms in total. The Morgan fingerprint density at radius 3 is 2.74 bits per heavy atom. The fourth-order valence-corrected chi connectivity index (χ4v) is 2.72. The first-order valence-corrected chi connectivity index (χ1v) is 6.82. The van der Waals surface area contributed by atoms with Gasteiger partial charge < -0.3 is 15.1 Å². The molecule has 4 N–H and O–H groups in total. The number of carboxylic acids is 1. The highest BCUT2D eigenvalue weighted by molar-refractivity contribution is 7.89. The first kappa shape index (κ1) is 13.3. The molecule has 0 aromatic carbocycles. The number of aromatic amines is 2. The summed E-state index contributed by atoms with van der Waals surface area (Å²) in [6.45, 7) is 1.63. The van der Waals surface area contributed by atoms with Crippen molar-refractivity contribution in [3.05, 3.63) is 36.2 Å². The third-order valence-corrected chi connectivity index (χ3v) is 3.98. The lowest BCUT2D eigenvalue weighted by atomic mass is 10.3. The molecule has 9 heteroatoms. The summed E-state index contributed by atoms with van der Waals surface area (Å²) in [6.07, 6.45) is 4.22. The standard InChI is InChI=1S/C10H12N4O4S/c1-6(9-11-2-3-12-9)14-19(17,18)7-4-8(10(15)16)13-5-7/h2-6,13-14H,1H3,(H,11,12)(H,15,16). The van der Waals surface area contributed by atoms with Crippen LogP contribution < -0.4 is 4.72 Å². The molecular formula is C10H12N4O4S. The highest BCUT2D eigenvalue weighted by atomic mass is 32.2. The zero-order valence-electron chi connectivity index (χ0n) is 9.91. The van der Waals surface area contributed by atoms with E-state index in [0.717, 1.165) is 12.3 Å². The van der Waals surface area contributed by atoms with Gasteiger partial charge in [-0.3, -0.25) is 0 Å². The molecule has 0 spiro atoms. The van der Waals surface area contributed by atoms with Crippen molar-refractivity contribution in [3.8, 4) is 0 Å². The molecule has 0 saturated heterocycles. The molecule has 2 aromatic rings. The van der Waals surface area contributed by atoms with E-state index in [-0.39, 0.29) is 10.6 Å². The number of aromatic nitrogens is 3. The Hall–Kier alpha value is -2.13. The summed E-state index contributed by atoms with van der Waals surface area (Å²) in [5.41, 5.74) is -0.189. The van der Waals surface area contributed by atoms with Crippen molar-refractivity contribution in [1.82, 2.24) is 19.7 Å². The molecule has 0 saturated carbocycles. The molecule has 19 heavy (non-hydrogen) atoms. The maximum Gasteiger partial charge on any atom is 0.352 e. The van der Waals surface area contributed by atoms with E-state index in [1.165, 1.54) is 6.20 Å². The van der Waals surface area contributed by atoms with Gasteiger partial charge in [-0.15, -0.1) is 0 Å². The quantitative estimate of drug-likeness (QED) is 0.634. The topological polar surface area (TPSA) is 128 Å². The minimum absolute atomic E-state index is 0.136. The van der Waals surface area contributed by atoms with Crippen LogP contribution in [0.15, 0.2) is 29.6 Å². The van der Waals surface area contributed by atoms with Gasteiger partial charge >= 0.3 is 5.97 Å². The number of carboxylic acid groups (broad SMARTS) is 1. The Morgan fingerprint density at radius 1 is 1.47 bits per heavy atom. The van der Waals surface area contributed by atoms with Gasteiger partial charge in [0.05, 0.1) is 6.04 Å². The van der Waals surface area contributed by atoms with Crippen LogP contribution in [0.1, 0.15) is 29.3 Å². The molecule has 2 aromatic heterocycles. The highest BCUT2D eigenvalue weighted by Gasteiger charge is 2.22. The number of imidazole rings is 1. The lowest BCUT2D eigenvalue weighted by Crippen LogP contribution is -2.27. The molecule has 0 aliphatic carbocycles. The molecule has 0 radical (unpaired) electrons. The second-order valence-corrected chi connectivity index (χ2v) is 5.59. The van der Waals surface area contributed by atoms with E-state index in [4.69, 9.17) is 5.11 Å². The number of sulfonamides is 1. The van der Waals surface area contributed by atoms with Gasteiger partial charge in [-0.2, -0.15) is 0 Å². The maximum absolute atomic E-state index is 12.0. The molecule has 0 amide bonds. The van der Waals surface area contributed by atoms with Crippen LogP contribution in [-0.4, -0.2) is 34.4 Å². The molecular weight excluding hydrogens is 272 g/mol. The van der Waals surface area contributed by atoms with Gasteiger partial charge in [-0.05, 0) is 13.0 Å². The number of hydrogen-bond acceptors (Lipinski definition) is 4. The first-order valence-electron chi connectivity index (χ1n) is 5.33. The van der Waals surface area contributed by atoms with E-state index in [9.17, 15) is 13.2 Å². The van der Waals surface area contributed by atoms with Crippen LogP contribution in [0, 0.1) is 0 Å². The number of nitrogens with zero attached hydrogens (tertiary/aromatic N) is 1. The van der Waals surface area contributed by atoms with Crippen molar-refractivity contribution >= 4 is 16.0 Å². The molecule has 2 heterocycles. The molecule has 1 atom stereocenters. The number of nitrogens with one attached hydrogen (secondary N) is 3. The van der Waals surface area contributed by atoms with Crippen molar-refractivity contribution in [1.29, 1.82) is 0 Å². The monoisotopic (exact) mass is 284 g/mol. The Labute approximate surface area is 108 Å². The van der Waals surface area contributed by atoms with Gasteiger partial charge in [0.15, 0.2) is 0 Å². The van der Waals surface area contributed by atoms with Crippen LogP contribution >= 0.6 is 0 Å². The lowest BCUT2D eigenvalue weighted by Gasteiger charge is -2.10. The van der Waals surface area contributed by atoms with Crippen LogP contribution in [0.25, 0.3) is 0 Å². The molecule has 0 aliphatic rings. The predicted molar refractivity (Wildman–Crippen MR) is 65.1 cm³/mol. The first-order chi connectivity index (χ1) is 8.90. The van der Waals surface area contributed by atoms with E-state index in [0.29, 0.717) is 5.82 Å². The van der Waals surface area contributed by atoms with Gasteiger partial charge in [-0.1, -0.05) is 0 Å². The fraction of sp³-hybridized carbons (Fsp3) is 0.200. The highest BCUT2D eigenvalue weighted by Crippen LogP contribution is 2.15. The Bertz CT molecular complexity index is 674. The van der Waals surface area contributed by atoms with Gasteiger partial charge in [0.1, 0.15) is 16.4 Å². The SMILES string of the molecule is CC(NS(=O)(=O)c1c[nH]c(C(=O)O)c1)c1ncc[nH]1. The van der Waals surface area contributed by atoms with Crippen molar-refractivity contribution in [2.24, 2.45) is 0 Å². The van der Waals surface area contributed by atoms with E-state index >= 15 is 0 Å². The number of carbonyl (C=O) groups is 1. The van der Waals surface area contributed by atoms with Crippen LogP contribution in [-0.2, 0) is 10.0 Å². The summed E-state index contributed by atoms with van der Waals surface area (Å²) in [6, 6.07) is 0.502. The van der Waals surface area contributed by atoms with Crippen LogP contribution in [0.3, 0.4) is 0 Å². The molecule has 0 aliphatic heterocycles. The van der Waals surface area contributed by atoms with Crippen molar-refractivity contribution < 1.29 is 18.3 Å². The van der Waals surface area contributed by atoms with E-state index in [1.54, 1.807) is 13.1 Å². The second-order valence-electron chi connectivity index (χ2n) is 3.87. The van der Waals surface area contributed by atoms with Crippen LogP contribution in [0.5, 0.6) is 0 Å². The molecule has 0 bridgehead atoms. The predicted octanol–water partition coefficient (Wildman–Crippen LogP) is 0.475. The third kappa shape index (κ3) is 2.83. The van der Waals surface area contributed by atoms with Crippen LogP contribution in [0.2, 0.25) is 0 Å². The summed E-state index contributed by atoms with van der Waals surface area (Å²) in [5, 5.41) is 8.73. The van der Waals surface area contributed by atoms with E-state index < -0.39 is 22.0 Å². The van der Waals surface area contributed by atoms with Crippen molar-refractivity contribution in [2.45, 2.75) is 17.9 Å². The summed E-state index contributed by atoms with van der Waals surface area (Å²) in [4.78, 5) is 19.7. The number of aromatic carboxylic acids is 1. The lowest BCUT2D eigenvalue weighted by molar-refractivity contribution is 0.0691. The van der Waals surface area contributed by atoms with E-state index in [2.05, 4.69) is 19.7 Å². The van der Waals surface area contributed by atoms with Crippen molar-refractivity contribution in [3.63, 3.8) is 0 Å². The zero-order valence-corrected chi connectivity index (χ0v) is 10.7. The summed E-state index contributed by atoms with van der Waals surface area (Å²) < 4.78 is 26.4. The molecule has 2 rings (SSSR count). The zero-order chi connectivity index (χ0) is 14.0. The minimum Gasteiger partial charge on any atom is -0.477 e. The van der Waals surface area contributed by atoms with Gasteiger partial charge in [0.2, 0.25) is 10.0 Å². The number of H-pyrrole nitrogens is 2. The molecule has 1 unspecified atom stereocenters. The summed E-state index contributed by atoms with van der Waals surface area (Å²) >= 11 is 0. The smallest absolute Gasteiger partial charge is 0.352 e. The van der Waals surface area contributed by atoms with Crippen LogP contribution in [0.4, 0.5) is 0 Å². The maximum atomic E-state index is 12.0. The largest absolute Gasteiger partial charge is 0.477 e. The van der Waals surface area contributed by atoms with Gasteiger partial charge in [0.25, 0.3) is 0 Å². The second kappa shape index (κ2) is 4.86. The van der Waals surface area contributed by atoms with Crippen molar-refractivity contribution in [2.75, 3.05) is 0 Å². The molecule has 0 fully saturated rings. The summed E-state index contributed by atoms with van der Waals surface area (Å²) in [5.74, 6) is -0.752. The minimum atomic E-state index is -3.80. The Balaban J connectivity index is 2.20. The fourth-order valence-electron chi connectivity index (χ4n) is 1.52. The third-order valence-electron chi connectivity index (χ3n) is 2.46. The van der Waals surface area contributed by atoms with E-state index in [1.807, 2.05) is 0 Å². The Kier molecular flexibility index (Phi) is 3.40. The Morgan fingerprint density at radius 2 is 2.21 bits per heavy atom. The number of hydrogen-bond donors (Lipinski definition) is 4. The molecule has 102 valence electrons. The van der Waals surface area contributed by atoms with Gasteiger partial charge in [0, 0.05) is 18.6 Å². The average Bonchev–Trinajstić information content (AvgIpc) is 3.00. The summed E-state index contributed by atoms with van der Waals surface area (Å²) in [7, 11) is -3.80.